The number of carbonyl (C=O) groups excluding carboxylic acids is 1. The molecular formula is C21H34O. The molecule has 1 nitrogen and oxygen atoms in total. The quantitative estimate of drug-likeness (QED) is 0.588. The fourth-order valence-electron chi connectivity index (χ4n) is 5.06. The van der Waals surface area contributed by atoms with E-state index in [1.54, 1.807) is 0 Å². The summed E-state index contributed by atoms with van der Waals surface area (Å²) in [5, 5.41) is 0. The molecule has 0 spiro atoms. The molecule has 0 amide bonds. The Morgan fingerprint density at radius 1 is 1.32 bits per heavy atom. The Balaban J connectivity index is 2.27. The molecule has 2 aliphatic carbocycles. The van der Waals surface area contributed by atoms with Gasteiger partial charge in [0.15, 0.2) is 5.78 Å². The molecule has 2 aliphatic rings. The molecule has 0 N–H and O–H groups in total. The smallest absolute Gasteiger partial charge is 0.159 e. The first-order valence-electron chi connectivity index (χ1n) is 9.04. The monoisotopic (exact) mass is 302 g/mol. The first kappa shape index (κ1) is 17.5. The fourth-order valence-corrected chi connectivity index (χ4v) is 5.06. The third kappa shape index (κ3) is 3.24. The van der Waals surface area contributed by atoms with Gasteiger partial charge in [-0.3, -0.25) is 4.79 Å². The van der Waals surface area contributed by atoms with E-state index in [0.717, 1.165) is 29.7 Å². The van der Waals surface area contributed by atoms with Gasteiger partial charge in [-0.05, 0) is 74.2 Å². The van der Waals surface area contributed by atoms with Gasteiger partial charge >= 0.3 is 0 Å². The average molecular weight is 303 g/mol. The van der Waals surface area contributed by atoms with Crippen LogP contribution in [0.5, 0.6) is 0 Å². The number of carbonyl (C=O) groups is 1. The number of Topliss-reactive ketones (excluding diaryl/α,β-unsaturated/α-hetero) is 1. The van der Waals surface area contributed by atoms with Gasteiger partial charge in [0, 0.05) is 6.42 Å². The second kappa shape index (κ2) is 6.34. The molecule has 0 heterocycles. The number of ketones is 1. The zero-order valence-corrected chi connectivity index (χ0v) is 15.5. The first-order valence-corrected chi connectivity index (χ1v) is 9.04. The van der Waals surface area contributed by atoms with Crippen LogP contribution < -0.4 is 0 Å². The Morgan fingerprint density at radius 2 is 1.95 bits per heavy atom. The predicted octanol–water partition coefficient (Wildman–Crippen LogP) is 5.96. The minimum absolute atomic E-state index is 0.221. The van der Waals surface area contributed by atoms with Gasteiger partial charge in [0.05, 0.1) is 0 Å². The van der Waals surface area contributed by atoms with E-state index in [2.05, 4.69) is 48.1 Å². The highest BCUT2D eigenvalue weighted by Crippen LogP contribution is 2.52. The standard InChI is InChI=1S/C21H34O/c1-13(2)17-10-19(16(6)20(22)11-17)21(7)9-8-18(14(3)4)15(5)12-21/h14-15,17-18H,1,8-12H2,2-7H3. The Morgan fingerprint density at radius 3 is 2.45 bits per heavy atom. The van der Waals surface area contributed by atoms with Crippen molar-refractivity contribution in [3.8, 4) is 0 Å². The average Bonchev–Trinajstić information content (AvgIpc) is 2.40. The summed E-state index contributed by atoms with van der Waals surface area (Å²) in [6, 6.07) is 0. The second-order valence-corrected chi connectivity index (χ2v) is 8.67. The molecule has 0 bridgehead atoms. The molecule has 2 rings (SSSR count). The molecular weight excluding hydrogens is 268 g/mol. The molecule has 0 aromatic carbocycles. The highest BCUT2D eigenvalue weighted by molar-refractivity contribution is 5.97. The van der Waals surface area contributed by atoms with Crippen LogP contribution in [0.3, 0.4) is 0 Å². The summed E-state index contributed by atoms with van der Waals surface area (Å²) in [7, 11) is 0. The van der Waals surface area contributed by atoms with Gasteiger partial charge in [-0.2, -0.15) is 0 Å². The molecule has 0 aromatic heterocycles. The lowest BCUT2D eigenvalue weighted by Gasteiger charge is -2.46. The third-order valence-corrected chi connectivity index (χ3v) is 6.57. The minimum Gasteiger partial charge on any atom is -0.295 e. The maximum atomic E-state index is 12.5. The Hall–Kier alpha value is -0.850. The first-order chi connectivity index (χ1) is 10.2. The zero-order valence-electron chi connectivity index (χ0n) is 15.5. The highest BCUT2D eigenvalue weighted by Gasteiger charge is 2.42. The summed E-state index contributed by atoms with van der Waals surface area (Å²) in [6.07, 6.45) is 5.51. The van der Waals surface area contributed by atoms with Crippen molar-refractivity contribution in [1.29, 1.82) is 0 Å². The van der Waals surface area contributed by atoms with Crippen molar-refractivity contribution in [3.63, 3.8) is 0 Å². The van der Waals surface area contributed by atoms with Crippen LogP contribution in [0.15, 0.2) is 23.3 Å². The molecule has 0 radical (unpaired) electrons. The van der Waals surface area contributed by atoms with Crippen LogP contribution in [-0.4, -0.2) is 5.78 Å². The van der Waals surface area contributed by atoms with Crippen LogP contribution in [0, 0.1) is 29.1 Å². The molecule has 0 saturated heterocycles. The van der Waals surface area contributed by atoms with Crippen molar-refractivity contribution in [1.82, 2.24) is 0 Å². The molecule has 1 heteroatoms. The Bertz CT molecular complexity index is 496. The van der Waals surface area contributed by atoms with Crippen LogP contribution >= 0.6 is 0 Å². The lowest BCUT2D eigenvalue weighted by Crippen LogP contribution is -2.37. The van der Waals surface area contributed by atoms with Crippen molar-refractivity contribution in [2.45, 2.75) is 73.6 Å². The van der Waals surface area contributed by atoms with E-state index in [9.17, 15) is 4.79 Å². The van der Waals surface area contributed by atoms with Gasteiger partial charge in [-0.1, -0.05) is 45.4 Å². The minimum atomic E-state index is 0.221. The topological polar surface area (TPSA) is 17.1 Å². The van der Waals surface area contributed by atoms with E-state index in [0.29, 0.717) is 18.1 Å². The van der Waals surface area contributed by atoms with E-state index in [1.807, 2.05) is 0 Å². The van der Waals surface area contributed by atoms with Crippen LogP contribution in [0.1, 0.15) is 73.6 Å². The molecule has 124 valence electrons. The van der Waals surface area contributed by atoms with E-state index in [4.69, 9.17) is 0 Å². The fraction of sp³-hybridized carbons (Fsp3) is 0.762. The summed E-state index contributed by atoms with van der Waals surface area (Å²) in [6.45, 7) is 17.8. The molecule has 1 saturated carbocycles. The molecule has 4 unspecified atom stereocenters. The lowest BCUT2D eigenvalue weighted by atomic mass is 9.58. The number of allylic oxidation sites excluding steroid dienone is 3. The van der Waals surface area contributed by atoms with Gasteiger partial charge in [0.25, 0.3) is 0 Å². The number of rotatable bonds is 3. The Kier molecular flexibility index (Phi) is 5.04. The summed E-state index contributed by atoms with van der Waals surface area (Å²) in [5.41, 5.74) is 3.91. The largest absolute Gasteiger partial charge is 0.295 e. The number of hydrogen-bond donors (Lipinski definition) is 0. The third-order valence-electron chi connectivity index (χ3n) is 6.57. The summed E-state index contributed by atoms with van der Waals surface area (Å²) in [4.78, 5) is 12.5. The van der Waals surface area contributed by atoms with Gasteiger partial charge < -0.3 is 0 Å². The maximum absolute atomic E-state index is 12.5. The van der Waals surface area contributed by atoms with E-state index >= 15 is 0 Å². The number of hydrogen-bond acceptors (Lipinski definition) is 1. The molecule has 22 heavy (non-hydrogen) atoms. The normalized spacial score (nSPS) is 36.9. The van der Waals surface area contributed by atoms with E-state index in [1.165, 1.54) is 30.4 Å². The van der Waals surface area contributed by atoms with Crippen LogP contribution in [-0.2, 0) is 4.79 Å². The molecule has 4 atom stereocenters. The van der Waals surface area contributed by atoms with Crippen molar-refractivity contribution in [2.24, 2.45) is 29.1 Å². The van der Waals surface area contributed by atoms with Crippen molar-refractivity contribution in [3.05, 3.63) is 23.3 Å². The van der Waals surface area contributed by atoms with Crippen molar-refractivity contribution < 1.29 is 4.79 Å². The zero-order chi connectivity index (χ0) is 16.7. The molecule has 0 aromatic rings. The molecule has 1 fully saturated rings. The summed E-state index contributed by atoms with van der Waals surface area (Å²) < 4.78 is 0. The van der Waals surface area contributed by atoms with Crippen LogP contribution in [0.25, 0.3) is 0 Å². The lowest BCUT2D eigenvalue weighted by molar-refractivity contribution is -0.116. The van der Waals surface area contributed by atoms with Gasteiger partial charge in [0.2, 0.25) is 0 Å². The predicted molar refractivity (Wildman–Crippen MR) is 94.7 cm³/mol. The maximum Gasteiger partial charge on any atom is 0.159 e. The second-order valence-electron chi connectivity index (χ2n) is 8.67. The molecule has 0 aliphatic heterocycles. The summed E-state index contributed by atoms with van der Waals surface area (Å²) in [5.74, 6) is 3.07. The van der Waals surface area contributed by atoms with Gasteiger partial charge in [-0.25, -0.2) is 0 Å². The summed E-state index contributed by atoms with van der Waals surface area (Å²) >= 11 is 0. The van der Waals surface area contributed by atoms with E-state index in [-0.39, 0.29) is 5.41 Å². The SMILES string of the molecule is C=C(C)C1CC(=O)C(C)=C(C2(C)CCC(C(C)C)C(C)C2)C1. The van der Waals surface area contributed by atoms with Gasteiger partial charge in [0.1, 0.15) is 0 Å². The van der Waals surface area contributed by atoms with Crippen molar-refractivity contribution in [2.75, 3.05) is 0 Å². The highest BCUT2D eigenvalue weighted by atomic mass is 16.1. The van der Waals surface area contributed by atoms with Gasteiger partial charge in [-0.15, -0.1) is 0 Å². The van der Waals surface area contributed by atoms with Crippen LogP contribution in [0.4, 0.5) is 0 Å². The van der Waals surface area contributed by atoms with E-state index < -0.39 is 0 Å². The Labute approximate surface area is 137 Å². The van der Waals surface area contributed by atoms with Crippen LogP contribution in [0.2, 0.25) is 0 Å². The van der Waals surface area contributed by atoms with Crippen molar-refractivity contribution >= 4 is 5.78 Å².